The van der Waals surface area contributed by atoms with Crippen LogP contribution in [0.4, 0.5) is 0 Å². The molecule has 0 saturated carbocycles. The molecule has 1 heteroatoms. The zero-order valence-corrected chi connectivity index (χ0v) is 13.4. The topological polar surface area (TPSA) is 3.24 Å². The fraction of sp³-hybridized carbons (Fsp3) is 0.500. The Morgan fingerprint density at radius 2 is 1.95 bits per heavy atom. The minimum absolute atomic E-state index is 0.631. The summed E-state index contributed by atoms with van der Waals surface area (Å²) in [5.41, 5.74) is 1.42. The van der Waals surface area contributed by atoms with E-state index in [-0.39, 0.29) is 0 Å². The third-order valence-corrected chi connectivity index (χ3v) is 5.00. The number of rotatable bonds is 7. The molecule has 1 nitrogen and oxygen atoms in total. The quantitative estimate of drug-likeness (QED) is 0.633. The van der Waals surface area contributed by atoms with Gasteiger partial charge < -0.3 is 0 Å². The molecule has 0 spiro atoms. The molecule has 1 aromatic rings. The van der Waals surface area contributed by atoms with Crippen molar-refractivity contribution < 1.29 is 0 Å². The standard InChI is InChI=1S/C20H29N/c1-4-6-13-19-14-15-21(17(3)20(19)10-5-2)16-18-11-8-7-9-12-18/h4-5,7-9,11-12,17,19-20H,1-2,6,10,13-16H2,3H3/t17-,19-,20-/m0/s1. The predicted octanol–water partition coefficient (Wildman–Crippen LogP) is 5.06. The van der Waals surface area contributed by atoms with Gasteiger partial charge in [-0.25, -0.2) is 0 Å². The minimum Gasteiger partial charge on any atom is -0.296 e. The monoisotopic (exact) mass is 283 g/mol. The molecule has 0 bridgehead atoms. The van der Waals surface area contributed by atoms with E-state index in [0.717, 1.165) is 31.2 Å². The third kappa shape index (κ3) is 4.31. The lowest BCUT2D eigenvalue weighted by Crippen LogP contribution is -2.46. The molecule has 21 heavy (non-hydrogen) atoms. The first-order chi connectivity index (χ1) is 10.3. The van der Waals surface area contributed by atoms with Crippen LogP contribution in [0.25, 0.3) is 0 Å². The van der Waals surface area contributed by atoms with Gasteiger partial charge in [0.2, 0.25) is 0 Å². The van der Waals surface area contributed by atoms with Gasteiger partial charge in [0.05, 0.1) is 0 Å². The van der Waals surface area contributed by atoms with Crippen molar-refractivity contribution in [1.82, 2.24) is 4.90 Å². The Morgan fingerprint density at radius 3 is 2.62 bits per heavy atom. The summed E-state index contributed by atoms with van der Waals surface area (Å²) >= 11 is 0. The fourth-order valence-corrected chi connectivity index (χ4v) is 3.73. The van der Waals surface area contributed by atoms with Crippen LogP contribution in [0.3, 0.4) is 0 Å². The van der Waals surface area contributed by atoms with Crippen molar-refractivity contribution >= 4 is 0 Å². The number of likely N-dealkylation sites (tertiary alicyclic amines) is 1. The molecule has 2 rings (SSSR count). The van der Waals surface area contributed by atoms with Gasteiger partial charge in [0.1, 0.15) is 0 Å². The van der Waals surface area contributed by atoms with Crippen LogP contribution in [0.1, 0.15) is 38.2 Å². The minimum atomic E-state index is 0.631. The van der Waals surface area contributed by atoms with E-state index in [2.05, 4.69) is 67.5 Å². The molecule has 0 aliphatic carbocycles. The van der Waals surface area contributed by atoms with Gasteiger partial charge in [-0.15, -0.1) is 13.2 Å². The zero-order chi connectivity index (χ0) is 15.1. The second-order valence-corrected chi connectivity index (χ2v) is 6.30. The van der Waals surface area contributed by atoms with Crippen LogP contribution in [-0.4, -0.2) is 17.5 Å². The average Bonchev–Trinajstić information content (AvgIpc) is 2.51. The molecule has 0 aromatic heterocycles. The Bertz CT molecular complexity index is 436. The number of nitrogens with zero attached hydrogens (tertiary/aromatic N) is 1. The first-order valence-corrected chi connectivity index (χ1v) is 8.26. The maximum Gasteiger partial charge on any atom is 0.0236 e. The molecule has 0 N–H and O–H groups in total. The van der Waals surface area contributed by atoms with Gasteiger partial charge in [0, 0.05) is 12.6 Å². The second kappa shape index (κ2) is 8.19. The number of benzene rings is 1. The molecule has 3 atom stereocenters. The Labute approximate surface area is 130 Å². The van der Waals surface area contributed by atoms with Crippen molar-refractivity contribution in [1.29, 1.82) is 0 Å². The van der Waals surface area contributed by atoms with E-state index in [1.807, 2.05) is 0 Å². The van der Waals surface area contributed by atoms with Crippen LogP contribution < -0.4 is 0 Å². The van der Waals surface area contributed by atoms with Crippen LogP contribution in [-0.2, 0) is 6.54 Å². The van der Waals surface area contributed by atoms with Gasteiger partial charge in [-0.2, -0.15) is 0 Å². The van der Waals surface area contributed by atoms with Crippen molar-refractivity contribution in [2.75, 3.05) is 6.54 Å². The van der Waals surface area contributed by atoms with Crippen LogP contribution in [0.15, 0.2) is 55.6 Å². The fourth-order valence-electron chi connectivity index (χ4n) is 3.73. The van der Waals surface area contributed by atoms with Crippen LogP contribution in [0, 0.1) is 11.8 Å². The van der Waals surface area contributed by atoms with E-state index in [4.69, 9.17) is 0 Å². The summed E-state index contributed by atoms with van der Waals surface area (Å²) in [6.07, 6.45) is 9.03. The Balaban J connectivity index is 2.02. The highest BCUT2D eigenvalue weighted by atomic mass is 15.2. The van der Waals surface area contributed by atoms with Crippen LogP contribution >= 0.6 is 0 Å². The van der Waals surface area contributed by atoms with E-state index in [1.165, 1.54) is 24.9 Å². The molecule has 114 valence electrons. The van der Waals surface area contributed by atoms with Crippen molar-refractivity contribution in [3.63, 3.8) is 0 Å². The van der Waals surface area contributed by atoms with Gasteiger partial charge in [-0.1, -0.05) is 42.5 Å². The first kappa shape index (κ1) is 16.0. The van der Waals surface area contributed by atoms with Gasteiger partial charge in [-0.05, 0) is 56.6 Å². The molecule has 1 aromatic carbocycles. The molecule has 1 saturated heterocycles. The van der Waals surface area contributed by atoms with Crippen molar-refractivity contribution in [2.45, 2.75) is 45.2 Å². The van der Waals surface area contributed by atoms with E-state index in [0.29, 0.717) is 6.04 Å². The average molecular weight is 283 g/mol. The van der Waals surface area contributed by atoms with E-state index in [9.17, 15) is 0 Å². The van der Waals surface area contributed by atoms with Gasteiger partial charge in [-0.3, -0.25) is 4.90 Å². The number of piperidine rings is 1. The zero-order valence-electron chi connectivity index (χ0n) is 13.4. The van der Waals surface area contributed by atoms with E-state index in [1.54, 1.807) is 0 Å². The molecule has 1 aliphatic heterocycles. The summed E-state index contributed by atoms with van der Waals surface area (Å²) in [5, 5.41) is 0. The predicted molar refractivity (Wildman–Crippen MR) is 92.2 cm³/mol. The molecular weight excluding hydrogens is 254 g/mol. The second-order valence-electron chi connectivity index (χ2n) is 6.30. The SMILES string of the molecule is C=CCC[C@H]1CCN(Cc2ccccc2)[C@@H](C)[C@@H]1CC=C. The number of hydrogen-bond donors (Lipinski definition) is 0. The molecule has 1 fully saturated rings. The molecule has 0 amide bonds. The summed E-state index contributed by atoms with van der Waals surface area (Å²) in [6.45, 7) is 12.5. The van der Waals surface area contributed by atoms with E-state index < -0.39 is 0 Å². The largest absolute Gasteiger partial charge is 0.296 e. The highest BCUT2D eigenvalue weighted by molar-refractivity contribution is 5.14. The van der Waals surface area contributed by atoms with Gasteiger partial charge >= 0.3 is 0 Å². The third-order valence-electron chi connectivity index (χ3n) is 5.00. The van der Waals surface area contributed by atoms with Crippen molar-refractivity contribution in [3.05, 3.63) is 61.2 Å². The molecule has 1 aliphatic rings. The van der Waals surface area contributed by atoms with Crippen molar-refractivity contribution in [2.24, 2.45) is 11.8 Å². The normalized spacial score (nSPS) is 26.4. The summed E-state index contributed by atoms with van der Waals surface area (Å²) in [5.74, 6) is 1.56. The number of hydrogen-bond acceptors (Lipinski definition) is 1. The lowest BCUT2D eigenvalue weighted by atomic mass is 9.76. The van der Waals surface area contributed by atoms with Gasteiger partial charge in [0.15, 0.2) is 0 Å². The first-order valence-electron chi connectivity index (χ1n) is 8.26. The molecule has 0 unspecified atom stereocenters. The lowest BCUT2D eigenvalue weighted by molar-refractivity contribution is 0.0503. The molecular formula is C20H29N. The van der Waals surface area contributed by atoms with Gasteiger partial charge in [0.25, 0.3) is 0 Å². The van der Waals surface area contributed by atoms with E-state index >= 15 is 0 Å². The highest BCUT2D eigenvalue weighted by Crippen LogP contribution is 2.35. The summed E-state index contributed by atoms with van der Waals surface area (Å²) in [7, 11) is 0. The smallest absolute Gasteiger partial charge is 0.0236 e. The Hall–Kier alpha value is -1.34. The number of allylic oxidation sites excluding steroid dienone is 2. The van der Waals surface area contributed by atoms with Crippen LogP contribution in [0.2, 0.25) is 0 Å². The summed E-state index contributed by atoms with van der Waals surface area (Å²) in [6, 6.07) is 11.5. The Morgan fingerprint density at radius 1 is 1.19 bits per heavy atom. The highest BCUT2D eigenvalue weighted by Gasteiger charge is 2.33. The van der Waals surface area contributed by atoms with Crippen LogP contribution in [0.5, 0.6) is 0 Å². The summed E-state index contributed by atoms with van der Waals surface area (Å²) < 4.78 is 0. The maximum atomic E-state index is 3.97. The molecule has 1 heterocycles. The van der Waals surface area contributed by atoms with Crippen molar-refractivity contribution in [3.8, 4) is 0 Å². The summed E-state index contributed by atoms with van der Waals surface area (Å²) in [4.78, 5) is 2.65. The molecule has 0 radical (unpaired) electrons. The Kier molecular flexibility index (Phi) is 6.25. The maximum absolute atomic E-state index is 3.97. The lowest BCUT2D eigenvalue weighted by Gasteiger charge is -2.44.